The highest BCUT2D eigenvalue weighted by molar-refractivity contribution is 9.10. The summed E-state index contributed by atoms with van der Waals surface area (Å²) >= 11 is 3.48. The number of anilines is 1. The Labute approximate surface area is 126 Å². The van der Waals surface area contributed by atoms with Crippen LogP contribution in [-0.4, -0.2) is 23.0 Å². The predicted molar refractivity (Wildman–Crippen MR) is 83.1 cm³/mol. The minimum atomic E-state index is 0.0323. The van der Waals surface area contributed by atoms with Crippen molar-refractivity contribution in [2.75, 3.05) is 12.8 Å². The second-order valence-electron chi connectivity index (χ2n) is 4.73. The topological polar surface area (TPSA) is 62.3 Å². The van der Waals surface area contributed by atoms with Crippen LogP contribution in [0, 0.1) is 0 Å². The minimum Gasteiger partial charge on any atom is -0.493 e. The Hall–Kier alpha value is -1.69. The number of nitrogens with zero attached hydrogens (tertiary/aromatic N) is 2. The third-order valence-electron chi connectivity index (χ3n) is 2.79. The summed E-state index contributed by atoms with van der Waals surface area (Å²) < 4.78 is 13.8. The Kier molecular flexibility index (Phi) is 4.23. The molecule has 1 heterocycles. The van der Waals surface area contributed by atoms with E-state index in [9.17, 15) is 0 Å². The molecule has 0 radical (unpaired) electrons. The molecule has 20 heavy (non-hydrogen) atoms. The van der Waals surface area contributed by atoms with Crippen LogP contribution >= 0.6 is 15.9 Å². The summed E-state index contributed by atoms with van der Waals surface area (Å²) in [5.41, 5.74) is 7.45. The van der Waals surface area contributed by atoms with Crippen LogP contribution in [0.25, 0.3) is 11.3 Å². The van der Waals surface area contributed by atoms with Crippen molar-refractivity contribution in [2.45, 2.75) is 20.0 Å². The highest BCUT2D eigenvalue weighted by Gasteiger charge is 2.18. The summed E-state index contributed by atoms with van der Waals surface area (Å²) in [5.74, 6) is 1.92. The zero-order chi connectivity index (χ0) is 14.9. The Morgan fingerprint density at radius 2 is 2.00 bits per heavy atom. The average Bonchev–Trinajstić information content (AvgIpc) is 2.70. The Morgan fingerprint density at radius 3 is 2.50 bits per heavy atom. The number of nitrogens with two attached hydrogens (primary N) is 1. The van der Waals surface area contributed by atoms with Crippen LogP contribution in [0.5, 0.6) is 11.5 Å². The van der Waals surface area contributed by atoms with Crippen LogP contribution in [0.15, 0.2) is 22.7 Å². The fraction of sp³-hybridized carbons (Fsp3) is 0.357. The van der Waals surface area contributed by atoms with Crippen LogP contribution < -0.4 is 15.2 Å². The van der Waals surface area contributed by atoms with E-state index in [1.807, 2.05) is 32.0 Å². The average molecular weight is 340 g/mol. The van der Waals surface area contributed by atoms with E-state index in [0.717, 1.165) is 15.7 Å². The predicted octanol–water partition coefficient (Wildman–Crippen LogP) is 3.23. The molecule has 108 valence electrons. The van der Waals surface area contributed by atoms with Gasteiger partial charge in [0.15, 0.2) is 11.5 Å². The number of aryl methyl sites for hydroxylation is 1. The fourth-order valence-electron chi connectivity index (χ4n) is 1.88. The second-order valence-corrected chi connectivity index (χ2v) is 5.65. The lowest BCUT2D eigenvalue weighted by Crippen LogP contribution is -2.08. The molecule has 6 heteroatoms. The van der Waals surface area contributed by atoms with Crippen molar-refractivity contribution in [1.82, 2.24) is 9.78 Å². The van der Waals surface area contributed by atoms with Gasteiger partial charge in [-0.15, -0.1) is 0 Å². The molecule has 0 fully saturated rings. The highest BCUT2D eigenvalue weighted by atomic mass is 79.9. The molecular weight excluding hydrogens is 322 g/mol. The van der Waals surface area contributed by atoms with Crippen molar-refractivity contribution < 1.29 is 9.47 Å². The maximum Gasteiger partial charge on any atom is 0.171 e. The van der Waals surface area contributed by atoms with E-state index in [1.165, 1.54) is 0 Å². The number of methoxy groups -OCH3 is 1. The van der Waals surface area contributed by atoms with Crippen LogP contribution in [0.3, 0.4) is 0 Å². The number of ether oxygens (including phenoxy) is 2. The molecule has 1 aromatic carbocycles. The molecule has 2 rings (SSSR count). The van der Waals surface area contributed by atoms with Gasteiger partial charge in [-0.2, -0.15) is 5.10 Å². The quantitative estimate of drug-likeness (QED) is 0.928. The van der Waals surface area contributed by atoms with Crippen molar-refractivity contribution in [2.24, 2.45) is 7.05 Å². The van der Waals surface area contributed by atoms with Gasteiger partial charge in [0, 0.05) is 23.2 Å². The van der Waals surface area contributed by atoms with Crippen molar-refractivity contribution in [3.8, 4) is 22.8 Å². The Morgan fingerprint density at radius 1 is 1.30 bits per heavy atom. The molecule has 0 unspecified atom stereocenters. The summed E-state index contributed by atoms with van der Waals surface area (Å²) in [5, 5.41) is 4.40. The van der Waals surface area contributed by atoms with E-state index in [1.54, 1.807) is 18.8 Å². The summed E-state index contributed by atoms with van der Waals surface area (Å²) in [6.45, 7) is 3.94. The van der Waals surface area contributed by atoms with Gasteiger partial charge in [0.05, 0.1) is 18.9 Å². The van der Waals surface area contributed by atoms with Gasteiger partial charge in [-0.3, -0.25) is 4.68 Å². The van der Waals surface area contributed by atoms with Gasteiger partial charge >= 0.3 is 0 Å². The Balaban J connectivity index is 2.63. The Bertz CT molecular complexity index is 604. The van der Waals surface area contributed by atoms with E-state index in [2.05, 4.69) is 21.0 Å². The first kappa shape index (κ1) is 14.7. The molecule has 2 N–H and O–H groups in total. The van der Waals surface area contributed by atoms with Crippen LogP contribution in [0.4, 0.5) is 5.82 Å². The van der Waals surface area contributed by atoms with Gasteiger partial charge in [0.1, 0.15) is 5.82 Å². The van der Waals surface area contributed by atoms with Crippen LogP contribution in [0.2, 0.25) is 0 Å². The third-order valence-corrected chi connectivity index (χ3v) is 3.24. The van der Waals surface area contributed by atoms with Crippen molar-refractivity contribution in [3.63, 3.8) is 0 Å². The van der Waals surface area contributed by atoms with Crippen LogP contribution in [0.1, 0.15) is 13.8 Å². The van der Waals surface area contributed by atoms with E-state index in [4.69, 9.17) is 15.2 Å². The number of benzene rings is 1. The number of hydrogen-bond acceptors (Lipinski definition) is 4. The lowest BCUT2D eigenvalue weighted by molar-refractivity contribution is 0.231. The van der Waals surface area contributed by atoms with Gasteiger partial charge in [-0.05, 0) is 26.0 Å². The first-order valence-electron chi connectivity index (χ1n) is 6.26. The second kappa shape index (κ2) is 5.75. The maximum atomic E-state index is 5.89. The molecule has 2 aromatic rings. The van der Waals surface area contributed by atoms with Gasteiger partial charge < -0.3 is 15.2 Å². The normalized spacial score (nSPS) is 10.9. The monoisotopic (exact) mass is 339 g/mol. The van der Waals surface area contributed by atoms with Crippen LogP contribution in [-0.2, 0) is 7.05 Å². The molecule has 0 bridgehead atoms. The number of aromatic nitrogens is 2. The molecule has 0 aliphatic carbocycles. The molecule has 1 aromatic heterocycles. The van der Waals surface area contributed by atoms with Crippen molar-refractivity contribution in [3.05, 3.63) is 22.7 Å². The standard InChI is InChI=1S/C14H18BrN3O2/c1-8(2)20-14-10(5-9(15)6-12(14)19-4)11-7-13(16)18(3)17-11/h5-8H,16H2,1-4H3. The van der Waals surface area contributed by atoms with Gasteiger partial charge in [-0.1, -0.05) is 15.9 Å². The lowest BCUT2D eigenvalue weighted by atomic mass is 10.1. The van der Waals surface area contributed by atoms with Gasteiger partial charge in [0.2, 0.25) is 0 Å². The largest absolute Gasteiger partial charge is 0.493 e. The lowest BCUT2D eigenvalue weighted by Gasteiger charge is -2.17. The van der Waals surface area contributed by atoms with Crippen molar-refractivity contribution >= 4 is 21.7 Å². The zero-order valence-corrected chi connectivity index (χ0v) is 13.6. The molecule has 0 amide bonds. The zero-order valence-electron chi connectivity index (χ0n) is 12.0. The summed E-state index contributed by atoms with van der Waals surface area (Å²) in [6, 6.07) is 5.63. The van der Waals surface area contributed by atoms with E-state index < -0.39 is 0 Å². The van der Waals surface area contributed by atoms with Crippen molar-refractivity contribution in [1.29, 1.82) is 0 Å². The molecular formula is C14H18BrN3O2. The number of nitrogen functional groups attached to an aromatic ring is 1. The third kappa shape index (κ3) is 2.90. The molecule has 0 saturated carbocycles. The fourth-order valence-corrected chi connectivity index (χ4v) is 2.32. The smallest absolute Gasteiger partial charge is 0.171 e. The number of hydrogen-bond donors (Lipinski definition) is 1. The van der Waals surface area contributed by atoms with Gasteiger partial charge in [-0.25, -0.2) is 0 Å². The summed E-state index contributed by atoms with van der Waals surface area (Å²) in [4.78, 5) is 0. The SMILES string of the molecule is COc1cc(Br)cc(-c2cc(N)n(C)n2)c1OC(C)C. The number of rotatable bonds is 4. The molecule has 0 aliphatic heterocycles. The molecule has 0 saturated heterocycles. The first-order chi connectivity index (χ1) is 9.42. The highest BCUT2D eigenvalue weighted by Crippen LogP contribution is 2.41. The molecule has 0 aliphatic rings. The summed E-state index contributed by atoms with van der Waals surface area (Å²) in [6.07, 6.45) is 0.0323. The van der Waals surface area contributed by atoms with Gasteiger partial charge in [0.25, 0.3) is 0 Å². The molecule has 0 atom stereocenters. The maximum absolute atomic E-state index is 5.89. The molecule has 0 spiro atoms. The van der Waals surface area contributed by atoms with E-state index in [0.29, 0.717) is 17.3 Å². The van der Waals surface area contributed by atoms with E-state index >= 15 is 0 Å². The molecule has 5 nitrogen and oxygen atoms in total. The summed E-state index contributed by atoms with van der Waals surface area (Å²) in [7, 11) is 3.42. The number of halogens is 1. The minimum absolute atomic E-state index is 0.0323. The first-order valence-corrected chi connectivity index (χ1v) is 7.05. The van der Waals surface area contributed by atoms with E-state index in [-0.39, 0.29) is 6.10 Å².